The Hall–Kier alpha value is -2.51. The highest BCUT2D eigenvalue weighted by molar-refractivity contribution is 5.93. The molecule has 1 unspecified atom stereocenters. The van der Waals surface area contributed by atoms with Gasteiger partial charge >= 0.3 is 5.97 Å². The van der Waals surface area contributed by atoms with Gasteiger partial charge in [-0.25, -0.2) is 14.8 Å². The van der Waals surface area contributed by atoms with E-state index in [1.54, 1.807) is 4.90 Å². The standard InChI is InChI=1S/C15H20N4O4/c1-2-4-13(20)18-10-5-3-6-19(9-10)14(21)11-7-17-12(8-16-11)15(22)23/h7-8,10H,2-6,9H2,1H3,(H,18,20)(H,22,23). The van der Waals surface area contributed by atoms with E-state index in [4.69, 9.17) is 5.11 Å². The van der Waals surface area contributed by atoms with E-state index in [1.165, 1.54) is 6.20 Å². The summed E-state index contributed by atoms with van der Waals surface area (Å²) in [5, 5.41) is 11.7. The number of carbonyl (C=O) groups excluding carboxylic acids is 2. The van der Waals surface area contributed by atoms with Crippen LogP contribution >= 0.6 is 0 Å². The summed E-state index contributed by atoms with van der Waals surface area (Å²) in [5.41, 5.74) is -0.0968. The summed E-state index contributed by atoms with van der Waals surface area (Å²) < 4.78 is 0. The normalized spacial score (nSPS) is 17.6. The number of nitrogens with one attached hydrogen (secondary N) is 1. The number of aromatic nitrogens is 2. The van der Waals surface area contributed by atoms with Gasteiger partial charge in [-0.15, -0.1) is 0 Å². The maximum absolute atomic E-state index is 12.4. The number of piperidine rings is 1. The van der Waals surface area contributed by atoms with E-state index in [2.05, 4.69) is 15.3 Å². The average molecular weight is 320 g/mol. The van der Waals surface area contributed by atoms with Crippen molar-refractivity contribution in [2.24, 2.45) is 0 Å². The fourth-order valence-corrected chi connectivity index (χ4v) is 2.52. The van der Waals surface area contributed by atoms with Crippen molar-refractivity contribution in [3.63, 3.8) is 0 Å². The molecule has 23 heavy (non-hydrogen) atoms. The van der Waals surface area contributed by atoms with Crippen molar-refractivity contribution in [1.29, 1.82) is 0 Å². The lowest BCUT2D eigenvalue weighted by atomic mass is 10.0. The molecule has 0 saturated carbocycles. The van der Waals surface area contributed by atoms with Gasteiger partial charge in [-0.2, -0.15) is 0 Å². The van der Waals surface area contributed by atoms with Gasteiger partial charge in [-0.3, -0.25) is 9.59 Å². The predicted molar refractivity (Wildman–Crippen MR) is 81.0 cm³/mol. The van der Waals surface area contributed by atoms with Crippen LogP contribution in [0.1, 0.15) is 53.6 Å². The first-order valence-corrected chi connectivity index (χ1v) is 7.65. The smallest absolute Gasteiger partial charge is 0.356 e. The largest absolute Gasteiger partial charge is 0.476 e. The number of hydrogen-bond donors (Lipinski definition) is 2. The van der Waals surface area contributed by atoms with Gasteiger partial charge < -0.3 is 15.3 Å². The molecule has 0 spiro atoms. The van der Waals surface area contributed by atoms with Gasteiger partial charge in [-0.05, 0) is 19.3 Å². The molecule has 1 aliphatic rings. The highest BCUT2D eigenvalue weighted by atomic mass is 16.4. The summed E-state index contributed by atoms with van der Waals surface area (Å²) in [6, 6.07) is -0.0574. The Bertz CT molecular complexity index is 588. The molecule has 1 aromatic heterocycles. The molecule has 2 rings (SSSR count). The number of nitrogens with zero attached hydrogens (tertiary/aromatic N) is 3. The van der Waals surface area contributed by atoms with E-state index in [0.717, 1.165) is 25.5 Å². The molecule has 1 saturated heterocycles. The molecule has 0 bridgehead atoms. The summed E-state index contributed by atoms with van der Waals surface area (Å²) in [6.07, 6.45) is 5.14. The molecule has 1 fully saturated rings. The average Bonchev–Trinajstić information content (AvgIpc) is 2.54. The zero-order valence-electron chi connectivity index (χ0n) is 13.0. The third-order valence-corrected chi connectivity index (χ3v) is 3.64. The first-order chi connectivity index (χ1) is 11.0. The summed E-state index contributed by atoms with van der Waals surface area (Å²) in [5.74, 6) is -1.49. The van der Waals surface area contributed by atoms with Crippen LogP contribution in [-0.2, 0) is 4.79 Å². The van der Waals surface area contributed by atoms with Gasteiger partial charge in [0.05, 0.1) is 12.4 Å². The highest BCUT2D eigenvalue weighted by Gasteiger charge is 2.26. The summed E-state index contributed by atoms with van der Waals surface area (Å²) in [6.45, 7) is 2.95. The van der Waals surface area contributed by atoms with Crippen molar-refractivity contribution >= 4 is 17.8 Å². The fourth-order valence-electron chi connectivity index (χ4n) is 2.52. The number of amides is 2. The molecule has 2 amide bonds. The third-order valence-electron chi connectivity index (χ3n) is 3.64. The summed E-state index contributed by atoms with van der Waals surface area (Å²) in [7, 11) is 0. The number of aromatic carboxylic acids is 1. The van der Waals surface area contributed by atoms with Crippen molar-refractivity contribution in [3.05, 3.63) is 23.8 Å². The quantitative estimate of drug-likeness (QED) is 0.825. The zero-order chi connectivity index (χ0) is 16.8. The molecule has 1 aliphatic heterocycles. The molecular formula is C15H20N4O4. The lowest BCUT2D eigenvalue weighted by Crippen LogP contribution is -2.49. The van der Waals surface area contributed by atoms with E-state index < -0.39 is 5.97 Å². The second-order valence-corrected chi connectivity index (χ2v) is 5.50. The molecule has 8 heteroatoms. The van der Waals surface area contributed by atoms with E-state index in [1.807, 2.05) is 6.92 Å². The second-order valence-electron chi connectivity index (χ2n) is 5.50. The summed E-state index contributed by atoms with van der Waals surface area (Å²) >= 11 is 0. The van der Waals surface area contributed by atoms with Crippen LogP contribution in [-0.4, -0.2) is 56.9 Å². The molecule has 2 N–H and O–H groups in total. The molecular weight excluding hydrogens is 300 g/mol. The van der Waals surface area contributed by atoms with E-state index in [9.17, 15) is 14.4 Å². The lowest BCUT2D eigenvalue weighted by Gasteiger charge is -2.33. The number of carboxylic acids is 1. The van der Waals surface area contributed by atoms with Crippen molar-refractivity contribution in [1.82, 2.24) is 20.2 Å². The van der Waals surface area contributed by atoms with E-state index in [0.29, 0.717) is 19.5 Å². The molecule has 8 nitrogen and oxygen atoms in total. The van der Waals surface area contributed by atoms with Gasteiger partial charge in [0.1, 0.15) is 5.69 Å². The minimum absolute atomic E-state index is 0.00241. The van der Waals surface area contributed by atoms with Crippen LogP contribution in [0.15, 0.2) is 12.4 Å². The van der Waals surface area contributed by atoms with Crippen molar-refractivity contribution in [2.45, 2.75) is 38.6 Å². The minimum Gasteiger partial charge on any atom is -0.476 e. The Morgan fingerprint density at radius 1 is 1.30 bits per heavy atom. The van der Waals surface area contributed by atoms with Crippen LogP contribution < -0.4 is 5.32 Å². The van der Waals surface area contributed by atoms with Gasteiger partial charge in [0.15, 0.2) is 5.69 Å². The maximum Gasteiger partial charge on any atom is 0.356 e. The zero-order valence-corrected chi connectivity index (χ0v) is 13.0. The van der Waals surface area contributed by atoms with Crippen LogP contribution in [0.5, 0.6) is 0 Å². The van der Waals surface area contributed by atoms with Crippen molar-refractivity contribution in [3.8, 4) is 0 Å². The molecule has 1 atom stereocenters. The van der Waals surface area contributed by atoms with E-state index in [-0.39, 0.29) is 29.2 Å². The Labute approximate surface area is 133 Å². The maximum atomic E-state index is 12.4. The minimum atomic E-state index is -1.19. The Morgan fingerprint density at radius 3 is 2.61 bits per heavy atom. The van der Waals surface area contributed by atoms with Gasteiger partial charge in [0.2, 0.25) is 5.91 Å². The number of likely N-dealkylation sites (tertiary alicyclic amines) is 1. The monoisotopic (exact) mass is 320 g/mol. The Morgan fingerprint density at radius 2 is 2.00 bits per heavy atom. The van der Waals surface area contributed by atoms with Crippen molar-refractivity contribution in [2.75, 3.05) is 13.1 Å². The molecule has 0 aromatic carbocycles. The molecule has 1 aromatic rings. The third kappa shape index (κ3) is 4.48. The first-order valence-electron chi connectivity index (χ1n) is 7.65. The molecule has 124 valence electrons. The summed E-state index contributed by atoms with van der Waals surface area (Å²) in [4.78, 5) is 44.0. The van der Waals surface area contributed by atoms with Gasteiger partial charge in [0, 0.05) is 25.6 Å². The first kappa shape index (κ1) is 16.9. The molecule has 2 heterocycles. The number of rotatable bonds is 5. The van der Waals surface area contributed by atoms with Crippen LogP contribution in [0.4, 0.5) is 0 Å². The van der Waals surface area contributed by atoms with Crippen LogP contribution in [0.25, 0.3) is 0 Å². The fraction of sp³-hybridized carbons (Fsp3) is 0.533. The van der Waals surface area contributed by atoms with Crippen LogP contribution in [0.3, 0.4) is 0 Å². The van der Waals surface area contributed by atoms with Crippen LogP contribution in [0.2, 0.25) is 0 Å². The Kier molecular flexibility index (Phi) is 5.61. The SMILES string of the molecule is CCCC(=O)NC1CCCN(C(=O)c2cnc(C(=O)O)cn2)C1. The Balaban J connectivity index is 1.98. The topological polar surface area (TPSA) is 112 Å². The molecule has 0 radical (unpaired) electrons. The molecule has 0 aliphatic carbocycles. The van der Waals surface area contributed by atoms with Crippen molar-refractivity contribution < 1.29 is 19.5 Å². The number of carbonyl (C=O) groups is 3. The van der Waals surface area contributed by atoms with Gasteiger partial charge in [-0.1, -0.05) is 6.92 Å². The lowest BCUT2D eigenvalue weighted by molar-refractivity contribution is -0.122. The second kappa shape index (κ2) is 7.66. The number of hydrogen-bond acceptors (Lipinski definition) is 5. The van der Waals surface area contributed by atoms with Crippen LogP contribution in [0, 0.1) is 0 Å². The van der Waals surface area contributed by atoms with E-state index >= 15 is 0 Å². The highest BCUT2D eigenvalue weighted by Crippen LogP contribution is 2.13. The van der Waals surface area contributed by atoms with Gasteiger partial charge in [0.25, 0.3) is 5.91 Å². The predicted octanol–water partition coefficient (Wildman–Crippen LogP) is 0.696. The number of carboxylic acid groups (broad SMARTS) is 1.